The number of nitrogens with zero attached hydrogens (tertiary/aromatic N) is 6. The van der Waals surface area contributed by atoms with Crippen LogP contribution in [0.4, 0.5) is 11.5 Å². The summed E-state index contributed by atoms with van der Waals surface area (Å²) < 4.78 is 7.40. The van der Waals surface area contributed by atoms with Gasteiger partial charge in [0, 0.05) is 55.7 Å². The van der Waals surface area contributed by atoms with E-state index in [2.05, 4.69) is 58.5 Å². The molecule has 5 rings (SSSR count). The van der Waals surface area contributed by atoms with E-state index in [1.165, 1.54) is 0 Å². The maximum absolute atomic E-state index is 13.1. The third kappa shape index (κ3) is 6.02. The summed E-state index contributed by atoms with van der Waals surface area (Å²) in [6, 6.07) is 12.0. The fourth-order valence-electron chi connectivity index (χ4n) is 5.29. The Labute approximate surface area is 235 Å². The number of amides is 2. The lowest BCUT2D eigenvalue weighted by Crippen LogP contribution is -2.42. The van der Waals surface area contributed by atoms with Gasteiger partial charge in [0.2, 0.25) is 5.91 Å². The van der Waals surface area contributed by atoms with Gasteiger partial charge in [-0.05, 0) is 57.5 Å². The van der Waals surface area contributed by atoms with Crippen LogP contribution in [0.15, 0.2) is 61.2 Å². The van der Waals surface area contributed by atoms with Crippen molar-refractivity contribution in [2.45, 2.75) is 52.9 Å². The van der Waals surface area contributed by atoms with E-state index in [-0.39, 0.29) is 23.9 Å². The van der Waals surface area contributed by atoms with E-state index in [1.807, 2.05) is 41.6 Å². The Kier molecular flexibility index (Phi) is 8.16. The van der Waals surface area contributed by atoms with Crippen LogP contribution in [-0.2, 0) is 22.6 Å². The molecule has 0 aliphatic carbocycles. The van der Waals surface area contributed by atoms with Crippen molar-refractivity contribution in [2.75, 3.05) is 36.5 Å². The van der Waals surface area contributed by atoms with Crippen molar-refractivity contribution in [3.8, 4) is 0 Å². The number of ether oxygens (including phenoxy) is 1. The highest BCUT2D eigenvalue weighted by atomic mass is 16.5. The standard InChI is InChI=1S/C30H37N7O3/c1-21(2)37(22(3)4)28(38)17-23-6-5-7-25(16-23)36-19-26(29-31-10-11-35(29)20-36)33-27-9-8-24(18-32-27)30(39)34-12-14-40-15-13-34/h5-11,16,18-19,21-22H,12-15,17,20H2,1-4H3,(H,32,33). The fraction of sp³-hybridized carbons (Fsp3) is 0.400. The first-order valence-corrected chi connectivity index (χ1v) is 13.8. The Bertz CT molecular complexity index is 1370. The molecule has 0 radical (unpaired) electrons. The number of aromatic nitrogens is 3. The van der Waals surface area contributed by atoms with Gasteiger partial charge >= 0.3 is 0 Å². The van der Waals surface area contributed by atoms with E-state index < -0.39 is 0 Å². The molecule has 0 spiro atoms. The molecule has 1 aromatic carbocycles. The summed E-state index contributed by atoms with van der Waals surface area (Å²) in [6.07, 6.45) is 7.67. The molecule has 0 unspecified atom stereocenters. The number of hydrogen-bond donors (Lipinski definition) is 1. The monoisotopic (exact) mass is 543 g/mol. The van der Waals surface area contributed by atoms with Gasteiger partial charge in [0.05, 0.1) is 30.9 Å². The predicted molar refractivity (Wildman–Crippen MR) is 155 cm³/mol. The normalized spacial score (nSPS) is 15.2. The molecule has 10 nitrogen and oxygen atoms in total. The Morgan fingerprint density at radius 3 is 2.52 bits per heavy atom. The summed E-state index contributed by atoms with van der Waals surface area (Å²) in [5, 5.41) is 3.37. The molecule has 1 fully saturated rings. The average molecular weight is 544 g/mol. The van der Waals surface area contributed by atoms with Crippen LogP contribution in [0, 0.1) is 0 Å². The number of hydrogen-bond acceptors (Lipinski definition) is 7. The highest BCUT2D eigenvalue weighted by molar-refractivity contribution is 5.94. The summed E-state index contributed by atoms with van der Waals surface area (Å²) >= 11 is 0. The molecule has 0 saturated carbocycles. The topological polar surface area (TPSA) is 95.8 Å². The third-order valence-corrected chi connectivity index (χ3v) is 7.12. The molecule has 1 N–H and O–H groups in total. The largest absolute Gasteiger partial charge is 0.378 e. The summed E-state index contributed by atoms with van der Waals surface area (Å²) in [7, 11) is 0. The molecule has 3 aromatic rings. The Morgan fingerprint density at radius 1 is 1.05 bits per heavy atom. The molecular weight excluding hydrogens is 506 g/mol. The zero-order valence-electron chi connectivity index (χ0n) is 23.6. The fourth-order valence-corrected chi connectivity index (χ4v) is 5.29. The minimum absolute atomic E-state index is 0.0378. The van der Waals surface area contributed by atoms with Gasteiger partial charge in [-0.25, -0.2) is 9.97 Å². The second-order valence-corrected chi connectivity index (χ2v) is 10.7. The van der Waals surface area contributed by atoms with Crippen molar-refractivity contribution < 1.29 is 14.3 Å². The quantitative estimate of drug-likeness (QED) is 0.461. The first-order chi connectivity index (χ1) is 19.3. The zero-order chi connectivity index (χ0) is 28.2. The third-order valence-electron chi connectivity index (χ3n) is 7.12. The summed E-state index contributed by atoms with van der Waals surface area (Å²) in [4.78, 5) is 40.7. The molecule has 2 aliphatic rings. The highest BCUT2D eigenvalue weighted by Crippen LogP contribution is 2.27. The molecule has 1 saturated heterocycles. The van der Waals surface area contributed by atoms with Gasteiger partial charge in [0.15, 0.2) is 5.82 Å². The number of rotatable bonds is 8. The second-order valence-electron chi connectivity index (χ2n) is 10.7. The van der Waals surface area contributed by atoms with Crippen LogP contribution in [0.5, 0.6) is 0 Å². The van der Waals surface area contributed by atoms with Crippen molar-refractivity contribution >= 4 is 29.0 Å². The van der Waals surface area contributed by atoms with Gasteiger partial charge in [-0.3, -0.25) is 9.59 Å². The van der Waals surface area contributed by atoms with E-state index in [1.54, 1.807) is 23.4 Å². The number of pyridine rings is 1. The molecule has 2 aliphatic heterocycles. The lowest BCUT2D eigenvalue weighted by Gasteiger charge is -2.31. The zero-order valence-corrected chi connectivity index (χ0v) is 23.6. The summed E-state index contributed by atoms with van der Waals surface area (Å²) in [5.41, 5.74) is 3.27. The molecule has 210 valence electrons. The van der Waals surface area contributed by atoms with Crippen LogP contribution < -0.4 is 10.2 Å². The van der Waals surface area contributed by atoms with Crippen LogP contribution in [0.1, 0.15) is 49.4 Å². The molecule has 0 bridgehead atoms. The van der Waals surface area contributed by atoms with Crippen LogP contribution >= 0.6 is 0 Å². The van der Waals surface area contributed by atoms with Gasteiger partial charge in [-0.15, -0.1) is 0 Å². The molecular formula is C30H37N7O3. The SMILES string of the molecule is CC(C)N(C(=O)Cc1cccc(N2C=C(Nc3ccc(C(=O)N4CCOCC4)cn3)c3nccn3C2)c1)C(C)C. The number of carbonyl (C=O) groups excluding carboxylic acids is 2. The van der Waals surface area contributed by atoms with Crippen LogP contribution in [0.25, 0.3) is 5.70 Å². The van der Waals surface area contributed by atoms with E-state index in [0.717, 1.165) is 22.8 Å². The number of benzene rings is 1. The molecule has 0 atom stereocenters. The summed E-state index contributed by atoms with van der Waals surface area (Å²) in [6.45, 7) is 11.1. The maximum atomic E-state index is 13.1. The van der Waals surface area contributed by atoms with Crippen molar-refractivity contribution in [1.29, 1.82) is 0 Å². The number of anilines is 2. The summed E-state index contributed by atoms with van der Waals surface area (Å²) in [5.74, 6) is 1.49. The van der Waals surface area contributed by atoms with Gasteiger partial charge in [-0.1, -0.05) is 12.1 Å². The molecule has 4 heterocycles. The Hall–Kier alpha value is -4.18. The highest BCUT2D eigenvalue weighted by Gasteiger charge is 2.23. The number of fused-ring (bicyclic) bond motifs is 1. The van der Waals surface area contributed by atoms with E-state index in [0.29, 0.717) is 50.8 Å². The number of imidazole rings is 1. The minimum Gasteiger partial charge on any atom is -0.378 e. The van der Waals surface area contributed by atoms with E-state index >= 15 is 0 Å². The van der Waals surface area contributed by atoms with Crippen LogP contribution in [-0.4, -0.2) is 74.5 Å². The van der Waals surface area contributed by atoms with Gasteiger partial charge in [0.1, 0.15) is 12.5 Å². The van der Waals surface area contributed by atoms with Crippen molar-refractivity contribution in [1.82, 2.24) is 24.3 Å². The first-order valence-electron chi connectivity index (χ1n) is 13.8. The minimum atomic E-state index is -0.0378. The molecule has 40 heavy (non-hydrogen) atoms. The van der Waals surface area contributed by atoms with Gasteiger partial charge in [0.25, 0.3) is 5.91 Å². The maximum Gasteiger partial charge on any atom is 0.255 e. The molecule has 10 heteroatoms. The number of morpholine rings is 1. The smallest absolute Gasteiger partial charge is 0.255 e. The Balaban J connectivity index is 1.33. The average Bonchev–Trinajstić information content (AvgIpc) is 3.42. The van der Waals surface area contributed by atoms with Crippen LogP contribution in [0.2, 0.25) is 0 Å². The van der Waals surface area contributed by atoms with Crippen LogP contribution in [0.3, 0.4) is 0 Å². The second kappa shape index (κ2) is 11.9. The van der Waals surface area contributed by atoms with Gasteiger partial charge < -0.3 is 29.3 Å². The van der Waals surface area contributed by atoms with Crippen molar-refractivity contribution in [3.63, 3.8) is 0 Å². The lowest BCUT2D eigenvalue weighted by atomic mass is 10.1. The van der Waals surface area contributed by atoms with Crippen molar-refractivity contribution in [3.05, 3.63) is 78.1 Å². The number of nitrogens with one attached hydrogen (secondary N) is 1. The van der Waals surface area contributed by atoms with Crippen molar-refractivity contribution in [2.24, 2.45) is 0 Å². The van der Waals surface area contributed by atoms with E-state index in [4.69, 9.17) is 4.74 Å². The Morgan fingerprint density at radius 2 is 1.82 bits per heavy atom. The molecule has 2 amide bonds. The lowest BCUT2D eigenvalue weighted by molar-refractivity contribution is -0.134. The van der Waals surface area contributed by atoms with E-state index in [9.17, 15) is 9.59 Å². The number of carbonyl (C=O) groups is 2. The first kappa shape index (κ1) is 27.4. The predicted octanol–water partition coefficient (Wildman–Crippen LogP) is 3.83. The van der Waals surface area contributed by atoms with Gasteiger partial charge in [-0.2, -0.15) is 0 Å². The molecule has 2 aromatic heterocycles.